The summed E-state index contributed by atoms with van der Waals surface area (Å²) in [5, 5.41) is 0. The molecule has 22 heavy (non-hydrogen) atoms. The van der Waals surface area contributed by atoms with E-state index >= 15 is 0 Å². The lowest BCUT2D eigenvalue weighted by molar-refractivity contribution is -1.02. The molecule has 0 amide bonds. The molecular formula is C19H30N2O+2. The van der Waals surface area contributed by atoms with Crippen LogP contribution < -0.4 is 14.5 Å². The second kappa shape index (κ2) is 7.80. The summed E-state index contributed by atoms with van der Waals surface area (Å²) < 4.78 is 5.33. The van der Waals surface area contributed by atoms with Gasteiger partial charge in [-0.1, -0.05) is 24.3 Å². The van der Waals surface area contributed by atoms with Crippen LogP contribution in [0.15, 0.2) is 36.4 Å². The summed E-state index contributed by atoms with van der Waals surface area (Å²) in [5.74, 6) is 1.91. The van der Waals surface area contributed by atoms with Crippen LogP contribution in [0.5, 0.6) is 5.75 Å². The molecule has 0 spiro atoms. The SMILES string of the molecule is COc1cccc(C[NH+]2CC[NH+](C[C@@H]3CC=CCC3)CC2)c1. The third-order valence-electron chi connectivity index (χ3n) is 5.21. The van der Waals surface area contributed by atoms with E-state index in [4.69, 9.17) is 4.74 Å². The Bertz CT molecular complexity index is 492. The number of hydrogen-bond donors (Lipinski definition) is 2. The van der Waals surface area contributed by atoms with Crippen molar-refractivity contribution in [2.24, 2.45) is 5.92 Å². The van der Waals surface area contributed by atoms with Crippen LogP contribution in [0, 0.1) is 5.92 Å². The average Bonchev–Trinajstić information content (AvgIpc) is 2.58. The zero-order chi connectivity index (χ0) is 15.2. The van der Waals surface area contributed by atoms with E-state index in [2.05, 4.69) is 30.4 Å². The first-order chi connectivity index (χ1) is 10.8. The second-order valence-corrected chi connectivity index (χ2v) is 6.88. The molecule has 1 atom stereocenters. The minimum Gasteiger partial charge on any atom is -0.497 e. The molecule has 3 heteroatoms. The van der Waals surface area contributed by atoms with E-state index in [1.807, 2.05) is 11.0 Å². The Morgan fingerprint density at radius 1 is 1.09 bits per heavy atom. The van der Waals surface area contributed by atoms with Crippen molar-refractivity contribution in [3.63, 3.8) is 0 Å². The maximum absolute atomic E-state index is 5.33. The molecule has 0 aromatic heterocycles. The van der Waals surface area contributed by atoms with Crippen molar-refractivity contribution in [2.45, 2.75) is 25.8 Å². The lowest BCUT2D eigenvalue weighted by Gasteiger charge is -2.32. The van der Waals surface area contributed by atoms with Crippen LogP contribution in [0.1, 0.15) is 24.8 Å². The topological polar surface area (TPSA) is 18.1 Å². The molecule has 1 aromatic carbocycles. The van der Waals surface area contributed by atoms with E-state index in [0.29, 0.717) is 0 Å². The lowest BCUT2D eigenvalue weighted by Crippen LogP contribution is -3.27. The maximum atomic E-state index is 5.33. The smallest absolute Gasteiger partial charge is 0.127 e. The van der Waals surface area contributed by atoms with Gasteiger partial charge in [-0.2, -0.15) is 0 Å². The van der Waals surface area contributed by atoms with Gasteiger partial charge in [-0.3, -0.25) is 0 Å². The van der Waals surface area contributed by atoms with Crippen LogP contribution in [0.25, 0.3) is 0 Å². The summed E-state index contributed by atoms with van der Waals surface area (Å²) in [6, 6.07) is 8.54. The standard InChI is InChI=1S/C19H28N2O/c1-22-19-9-5-8-18(14-19)16-21-12-10-20(11-13-21)15-17-6-3-2-4-7-17/h2-3,5,8-9,14,17H,4,6-7,10-13,15-16H2,1H3/p+2/t17-/m1/s1. The first-order valence-corrected chi connectivity index (χ1v) is 8.78. The predicted molar refractivity (Wildman–Crippen MR) is 89.4 cm³/mol. The van der Waals surface area contributed by atoms with Gasteiger partial charge in [0, 0.05) is 11.5 Å². The van der Waals surface area contributed by atoms with Crippen molar-refractivity contribution in [3.8, 4) is 5.75 Å². The Labute approximate surface area is 134 Å². The number of benzene rings is 1. The molecule has 1 heterocycles. The highest BCUT2D eigenvalue weighted by Gasteiger charge is 2.25. The molecule has 0 saturated carbocycles. The molecule has 2 aliphatic rings. The van der Waals surface area contributed by atoms with Crippen molar-refractivity contribution >= 4 is 0 Å². The number of allylic oxidation sites excluding steroid dienone is 2. The van der Waals surface area contributed by atoms with Crippen LogP contribution in [0.4, 0.5) is 0 Å². The van der Waals surface area contributed by atoms with Crippen LogP contribution in [-0.2, 0) is 6.54 Å². The monoisotopic (exact) mass is 302 g/mol. The number of piperazine rings is 1. The number of rotatable bonds is 5. The molecule has 0 radical (unpaired) electrons. The molecule has 1 aromatic rings. The lowest BCUT2D eigenvalue weighted by atomic mass is 9.94. The molecule has 1 saturated heterocycles. The van der Waals surface area contributed by atoms with Gasteiger partial charge in [-0.05, 0) is 31.4 Å². The largest absolute Gasteiger partial charge is 0.497 e. The molecule has 3 nitrogen and oxygen atoms in total. The van der Waals surface area contributed by atoms with Gasteiger partial charge in [0.25, 0.3) is 0 Å². The van der Waals surface area contributed by atoms with Gasteiger partial charge in [-0.15, -0.1) is 0 Å². The highest BCUT2D eigenvalue weighted by molar-refractivity contribution is 5.27. The Kier molecular flexibility index (Phi) is 5.52. The number of nitrogens with one attached hydrogen (secondary N) is 2. The Hall–Kier alpha value is -1.32. The third-order valence-corrected chi connectivity index (χ3v) is 5.21. The molecule has 2 N–H and O–H groups in total. The second-order valence-electron chi connectivity index (χ2n) is 6.88. The molecule has 0 bridgehead atoms. The quantitative estimate of drug-likeness (QED) is 0.751. The molecule has 3 rings (SSSR count). The summed E-state index contributed by atoms with van der Waals surface area (Å²) in [6.45, 7) is 7.79. The van der Waals surface area contributed by atoms with Gasteiger partial charge in [0.2, 0.25) is 0 Å². The summed E-state index contributed by atoms with van der Waals surface area (Å²) in [7, 11) is 1.74. The molecular weight excluding hydrogens is 272 g/mol. The van der Waals surface area contributed by atoms with Crippen LogP contribution >= 0.6 is 0 Å². The normalized spacial score (nSPS) is 28.5. The number of ether oxygens (including phenoxy) is 1. The summed E-state index contributed by atoms with van der Waals surface area (Å²) in [4.78, 5) is 3.55. The Morgan fingerprint density at radius 3 is 2.64 bits per heavy atom. The van der Waals surface area contributed by atoms with Crippen molar-refractivity contribution in [1.29, 1.82) is 0 Å². The number of hydrogen-bond acceptors (Lipinski definition) is 1. The molecule has 1 fully saturated rings. The predicted octanol–water partition coefficient (Wildman–Crippen LogP) is 0.335. The highest BCUT2D eigenvalue weighted by atomic mass is 16.5. The van der Waals surface area contributed by atoms with Crippen LogP contribution in [0.2, 0.25) is 0 Å². The van der Waals surface area contributed by atoms with Crippen molar-refractivity contribution in [3.05, 3.63) is 42.0 Å². The maximum Gasteiger partial charge on any atom is 0.127 e. The molecule has 1 aliphatic carbocycles. The van der Waals surface area contributed by atoms with Gasteiger partial charge in [0.15, 0.2) is 0 Å². The van der Waals surface area contributed by atoms with E-state index in [0.717, 1.165) is 18.2 Å². The van der Waals surface area contributed by atoms with Gasteiger partial charge in [0.1, 0.15) is 38.5 Å². The van der Waals surface area contributed by atoms with Crippen molar-refractivity contribution in [1.82, 2.24) is 0 Å². The minimum absolute atomic E-state index is 0.930. The summed E-state index contributed by atoms with van der Waals surface area (Å²) in [5.41, 5.74) is 1.40. The third kappa shape index (κ3) is 4.34. The van der Waals surface area contributed by atoms with Crippen molar-refractivity contribution < 1.29 is 14.5 Å². The van der Waals surface area contributed by atoms with Gasteiger partial charge < -0.3 is 14.5 Å². The minimum atomic E-state index is 0.930. The van der Waals surface area contributed by atoms with E-state index in [9.17, 15) is 0 Å². The summed E-state index contributed by atoms with van der Waals surface area (Å²) in [6.07, 6.45) is 8.75. The molecule has 1 aliphatic heterocycles. The van der Waals surface area contributed by atoms with Crippen LogP contribution in [-0.4, -0.2) is 39.8 Å². The fourth-order valence-electron chi connectivity index (χ4n) is 3.86. The molecule has 0 unspecified atom stereocenters. The van der Waals surface area contributed by atoms with E-state index in [1.54, 1.807) is 12.0 Å². The fourth-order valence-corrected chi connectivity index (χ4v) is 3.86. The zero-order valence-corrected chi connectivity index (χ0v) is 13.8. The number of quaternary nitrogens is 2. The van der Waals surface area contributed by atoms with E-state index in [1.165, 1.54) is 57.5 Å². The first-order valence-electron chi connectivity index (χ1n) is 8.78. The number of methoxy groups -OCH3 is 1. The summed E-state index contributed by atoms with van der Waals surface area (Å²) >= 11 is 0. The van der Waals surface area contributed by atoms with Crippen molar-refractivity contribution in [2.75, 3.05) is 39.8 Å². The first kappa shape index (κ1) is 15.6. The van der Waals surface area contributed by atoms with E-state index in [-0.39, 0.29) is 0 Å². The van der Waals surface area contributed by atoms with Gasteiger partial charge >= 0.3 is 0 Å². The van der Waals surface area contributed by atoms with Gasteiger partial charge in [-0.25, -0.2) is 0 Å². The fraction of sp³-hybridized carbons (Fsp3) is 0.579. The highest BCUT2D eigenvalue weighted by Crippen LogP contribution is 2.16. The van der Waals surface area contributed by atoms with Gasteiger partial charge in [0.05, 0.1) is 13.7 Å². The molecule has 120 valence electrons. The van der Waals surface area contributed by atoms with Crippen LogP contribution in [0.3, 0.4) is 0 Å². The average molecular weight is 302 g/mol. The zero-order valence-electron chi connectivity index (χ0n) is 13.8. The van der Waals surface area contributed by atoms with E-state index < -0.39 is 0 Å². The Morgan fingerprint density at radius 2 is 1.91 bits per heavy atom. The Balaban J connectivity index is 1.44.